The van der Waals surface area contributed by atoms with Gasteiger partial charge in [-0.2, -0.15) is 10.5 Å². The summed E-state index contributed by atoms with van der Waals surface area (Å²) in [5.74, 6) is -0.363. The summed E-state index contributed by atoms with van der Waals surface area (Å²) >= 11 is 0. The van der Waals surface area contributed by atoms with Crippen molar-refractivity contribution in [1.29, 1.82) is 10.5 Å². The van der Waals surface area contributed by atoms with Crippen molar-refractivity contribution in [3.05, 3.63) is 58.4 Å². The van der Waals surface area contributed by atoms with Crippen LogP contribution < -0.4 is 0 Å². The van der Waals surface area contributed by atoms with Crippen LogP contribution in [0.2, 0.25) is 0 Å². The van der Waals surface area contributed by atoms with Crippen molar-refractivity contribution in [3.8, 4) is 17.8 Å². The number of hydrogen-bond donors (Lipinski definition) is 0. The van der Waals surface area contributed by atoms with Gasteiger partial charge < -0.3 is 9.30 Å². The highest BCUT2D eigenvalue weighted by Gasteiger charge is 2.13. The van der Waals surface area contributed by atoms with Crippen molar-refractivity contribution in [2.45, 2.75) is 20.8 Å². The fourth-order valence-corrected chi connectivity index (χ4v) is 2.56. The van der Waals surface area contributed by atoms with E-state index < -0.39 is 0 Å². The van der Waals surface area contributed by atoms with Crippen molar-refractivity contribution < 1.29 is 9.53 Å². The van der Waals surface area contributed by atoms with Crippen molar-refractivity contribution in [2.75, 3.05) is 6.61 Å². The molecule has 2 rings (SSSR count). The zero-order chi connectivity index (χ0) is 17.7. The quantitative estimate of drug-likeness (QED) is 0.636. The maximum absolute atomic E-state index is 11.9. The Morgan fingerprint density at radius 2 is 1.96 bits per heavy atom. The standard InChI is InChI=1S/C19H17N3O2/c1-4-24-19(23)16-6-5-7-18(10-16)22-13(2)8-17(14(22)3)9-15(11-20)12-21/h5-10H,4H2,1-3H3. The molecule has 5 nitrogen and oxygen atoms in total. The molecule has 0 aliphatic rings. The van der Waals surface area contributed by atoms with E-state index in [1.165, 1.54) is 0 Å². The molecule has 0 aliphatic heterocycles. The van der Waals surface area contributed by atoms with E-state index >= 15 is 0 Å². The first kappa shape index (κ1) is 17.1. The Morgan fingerprint density at radius 3 is 2.58 bits per heavy atom. The minimum absolute atomic E-state index is 0.0514. The smallest absolute Gasteiger partial charge is 0.338 e. The van der Waals surface area contributed by atoms with Gasteiger partial charge >= 0.3 is 5.97 Å². The third kappa shape index (κ3) is 3.37. The summed E-state index contributed by atoms with van der Waals surface area (Å²) in [6, 6.07) is 12.8. The number of hydrogen-bond acceptors (Lipinski definition) is 4. The number of nitriles is 2. The molecule has 2 aromatic rings. The molecule has 0 fully saturated rings. The minimum atomic E-state index is -0.363. The van der Waals surface area contributed by atoms with E-state index in [0.29, 0.717) is 12.2 Å². The predicted octanol–water partition coefficient (Wildman–Crippen LogP) is 3.70. The Labute approximate surface area is 141 Å². The lowest BCUT2D eigenvalue weighted by molar-refractivity contribution is 0.0526. The van der Waals surface area contributed by atoms with E-state index in [1.807, 2.05) is 42.7 Å². The van der Waals surface area contributed by atoms with Crippen LogP contribution in [0.5, 0.6) is 0 Å². The molecular weight excluding hydrogens is 302 g/mol. The first-order valence-corrected chi connectivity index (χ1v) is 7.50. The van der Waals surface area contributed by atoms with E-state index in [4.69, 9.17) is 15.3 Å². The molecule has 1 aromatic carbocycles. The average Bonchev–Trinajstić information content (AvgIpc) is 2.86. The van der Waals surface area contributed by atoms with Crippen LogP contribution in [0.4, 0.5) is 0 Å². The number of esters is 1. The van der Waals surface area contributed by atoms with Gasteiger partial charge in [0, 0.05) is 17.1 Å². The lowest BCUT2D eigenvalue weighted by Crippen LogP contribution is -2.06. The molecule has 0 atom stereocenters. The molecule has 0 saturated heterocycles. The number of aryl methyl sites for hydroxylation is 1. The molecule has 5 heteroatoms. The number of ether oxygens (including phenoxy) is 1. The first-order valence-electron chi connectivity index (χ1n) is 7.50. The van der Waals surface area contributed by atoms with E-state index in [2.05, 4.69) is 0 Å². The normalized spacial score (nSPS) is 9.71. The summed E-state index contributed by atoms with van der Waals surface area (Å²) in [5.41, 5.74) is 3.98. The lowest BCUT2D eigenvalue weighted by Gasteiger charge is -2.11. The molecule has 0 amide bonds. The highest BCUT2D eigenvalue weighted by Crippen LogP contribution is 2.23. The van der Waals surface area contributed by atoms with Crippen molar-refractivity contribution >= 4 is 12.0 Å². The maximum Gasteiger partial charge on any atom is 0.338 e. The molecular formula is C19H17N3O2. The van der Waals surface area contributed by atoms with Gasteiger partial charge in [-0.25, -0.2) is 4.79 Å². The van der Waals surface area contributed by atoms with Gasteiger partial charge in [0.25, 0.3) is 0 Å². The summed E-state index contributed by atoms with van der Waals surface area (Å²) in [6.45, 7) is 5.93. The highest BCUT2D eigenvalue weighted by molar-refractivity contribution is 5.90. The van der Waals surface area contributed by atoms with E-state index in [-0.39, 0.29) is 11.5 Å². The number of nitrogens with zero attached hydrogens (tertiary/aromatic N) is 3. The summed E-state index contributed by atoms with van der Waals surface area (Å²) in [4.78, 5) is 11.9. The molecule has 0 radical (unpaired) electrons. The SMILES string of the molecule is CCOC(=O)c1cccc(-n2c(C)cc(C=C(C#N)C#N)c2C)c1. The van der Waals surface area contributed by atoms with Crippen LogP contribution in [0.1, 0.15) is 34.2 Å². The van der Waals surface area contributed by atoms with Crippen LogP contribution >= 0.6 is 0 Å². The topological polar surface area (TPSA) is 78.8 Å². The number of carbonyl (C=O) groups excluding carboxylic acids is 1. The van der Waals surface area contributed by atoms with Gasteiger partial charge in [-0.15, -0.1) is 0 Å². The minimum Gasteiger partial charge on any atom is -0.462 e. The Morgan fingerprint density at radius 1 is 1.25 bits per heavy atom. The highest BCUT2D eigenvalue weighted by atomic mass is 16.5. The predicted molar refractivity (Wildman–Crippen MR) is 90.4 cm³/mol. The van der Waals surface area contributed by atoms with Crippen LogP contribution in [0.25, 0.3) is 11.8 Å². The van der Waals surface area contributed by atoms with E-state index in [1.54, 1.807) is 31.2 Å². The summed E-state index contributed by atoms with van der Waals surface area (Å²) in [7, 11) is 0. The van der Waals surface area contributed by atoms with Gasteiger partial charge in [0.2, 0.25) is 0 Å². The third-order valence-electron chi connectivity index (χ3n) is 3.63. The summed E-state index contributed by atoms with van der Waals surface area (Å²) < 4.78 is 7.01. The Hall–Kier alpha value is -3.31. The van der Waals surface area contributed by atoms with Crippen LogP contribution in [0.15, 0.2) is 35.9 Å². The van der Waals surface area contributed by atoms with Gasteiger partial charge in [-0.3, -0.25) is 0 Å². The maximum atomic E-state index is 11.9. The fraction of sp³-hybridized carbons (Fsp3) is 0.211. The van der Waals surface area contributed by atoms with Gasteiger partial charge in [0.15, 0.2) is 0 Å². The number of carbonyl (C=O) groups is 1. The number of benzene rings is 1. The number of rotatable bonds is 4. The Balaban J connectivity index is 2.52. The molecule has 24 heavy (non-hydrogen) atoms. The third-order valence-corrected chi connectivity index (χ3v) is 3.63. The van der Waals surface area contributed by atoms with Gasteiger partial charge in [-0.1, -0.05) is 6.07 Å². The summed E-state index contributed by atoms with van der Waals surface area (Å²) in [6.07, 6.45) is 1.56. The van der Waals surface area contributed by atoms with Crippen LogP contribution in [0, 0.1) is 36.5 Å². The van der Waals surface area contributed by atoms with Crippen LogP contribution in [0.3, 0.4) is 0 Å². The molecule has 120 valence electrons. The monoisotopic (exact) mass is 319 g/mol. The second kappa shape index (κ2) is 7.30. The van der Waals surface area contributed by atoms with Gasteiger partial charge in [0.05, 0.1) is 12.2 Å². The molecule has 0 saturated carbocycles. The zero-order valence-electron chi connectivity index (χ0n) is 13.8. The second-order valence-electron chi connectivity index (χ2n) is 5.21. The molecule has 1 aromatic heterocycles. The Bertz CT molecular complexity index is 876. The van der Waals surface area contributed by atoms with Crippen molar-refractivity contribution in [3.63, 3.8) is 0 Å². The molecule has 0 aliphatic carbocycles. The number of aromatic nitrogens is 1. The van der Waals surface area contributed by atoms with E-state index in [0.717, 1.165) is 22.6 Å². The van der Waals surface area contributed by atoms with Gasteiger partial charge in [-0.05, 0) is 56.7 Å². The fourth-order valence-electron chi connectivity index (χ4n) is 2.56. The molecule has 0 unspecified atom stereocenters. The Kier molecular flexibility index (Phi) is 5.19. The molecule has 1 heterocycles. The van der Waals surface area contributed by atoms with Crippen molar-refractivity contribution in [1.82, 2.24) is 4.57 Å². The van der Waals surface area contributed by atoms with Gasteiger partial charge in [0.1, 0.15) is 17.7 Å². The molecule has 0 spiro atoms. The first-order chi connectivity index (χ1) is 11.5. The van der Waals surface area contributed by atoms with E-state index in [9.17, 15) is 4.79 Å². The second-order valence-corrected chi connectivity index (χ2v) is 5.21. The molecule has 0 N–H and O–H groups in total. The van der Waals surface area contributed by atoms with Crippen LogP contribution in [-0.4, -0.2) is 17.1 Å². The lowest BCUT2D eigenvalue weighted by atomic mass is 10.1. The molecule has 0 bridgehead atoms. The van der Waals surface area contributed by atoms with Crippen LogP contribution in [-0.2, 0) is 4.74 Å². The number of allylic oxidation sites excluding steroid dienone is 1. The van der Waals surface area contributed by atoms with Crippen molar-refractivity contribution in [2.24, 2.45) is 0 Å². The zero-order valence-corrected chi connectivity index (χ0v) is 13.8. The summed E-state index contributed by atoms with van der Waals surface area (Å²) in [5, 5.41) is 17.8. The average molecular weight is 319 g/mol. The largest absolute Gasteiger partial charge is 0.462 e.